The number of fused-ring (bicyclic) bond motifs is 1. The molecule has 2 rings (SSSR count). The predicted molar refractivity (Wildman–Crippen MR) is 70.5 cm³/mol. The van der Waals surface area contributed by atoms with Crippen molar-refractivity contribution in [2.24, 2.45) is 0 Å². The number of phenolic OH excluding ortho intramolecular Hbond substituents is 1. The number of phenols is 1. The van der Waals surface area contributed by atoms with E-state index in [1.807, 2.05) is 13.1 Å². The number of hydrogen-bond acceptors (Lipinski definition) is 3. The summed E-state index contributed by atoms with van der Waals surface area (Å²) in [5.41, 5.74) is 2.48. The molecule has 0 amide bonds. The molecule has 2 aromatic rings. The quantitative estimate of drug-likeness (QED) is 0.857. The normalized spacial score (nSPS) is 13.2. The summed E-state index contributed by atoms with van der Waals surface area (Å²) in [7, 11) is 1.96. The van der Waals surface area contributed by atoms with Crippen molar-refractivity contribution in [1.82, 2.24) is 5.32 Å². The second-order valence-electron chi connectivity index (χ2n) is 4.26. The topological polar surface area (TPSA) is 32.3 Å². The second kappa shape index (κ2) is 4.44. The zero-order chi connectivity index (χ0) is 11.7. The summed E-state index contributed by atoms with van der Waals surface area (Å²) < 4.78 is 1.21. The third kappa shape index (κ3) is 1.93. The Bertz CT molecular complexity index is 504. The number of hydrogen-bond donors (Lipinski definition) is 2. The lowest BCUT2D eigenvalue weighted by molar-refractivity contribution is 0.481. The van der Waals surface area contributed by atoms with Crippen molar-refractivity contribution < 1.29 is 5.11 Å². The van der Waals surface area contributed by atoms with Crippen molar-refractivity contribution in [3.63, 3.8) is 0 Å². The van der Waals surface area contributed by atoms with Crippen LogP contribution in [-0.2, 0) is 6.42 Å². The molecule has 2 N–H and O–H groups in total. The van der Waals surface area contributed by atoms with E-state index in [1.54, 1.807) is 17.4 Å². The van der Waals surface area contributed by atoms with E-state index in [0.29, 0.717) is 11.8 Å². The molecule has 0 bridgehead atoms. The third-order valence-electron chi connectivity index (χ3n) is 2.99. The van der Waals surface area contributed by atoms with E-state index >= 15 is 0 Å². The lowest BCUT2D eigenvalue weighted by Gasteiger charge is -2.09. The van der Waals surface area contributed by atoms with Gasteiger partial charge in [-0.2, -0.15) is 0 Å². The van der Waals surface area contributed by atoms with Gasteiger partial charge in [0, 0.05) is 16.1 Å². The first-order valence-corrected chi connectivity index (χ1v) is 6.37. The maximum atomic E-state index is 9.94. The monoisotopic (exact) mass is 235 g/mol. The van der Waals surface area contributed by atoms with E-state index in [-0.39, 0.29) is 0 Å². The van der Waals surface area contributed by atoms with Crippen LogP contribution in [0.5, 0.6) is 5.75 Å². The minimum atomic E-state index is 0.403. The van der Waals surface area contributed by atoms with E-state index in [2.05, 4.69) is 24.5 Å². The number of nitrogens with one attached hydrogen (secondary N) is 1. The van der Waals surface area contributed by atoms with E-state index in [0.717, 1.165) is 11.8 Å². The number of aromatic hydroxyl groups is 1. The summed E-state index contributed by atoms with van der Waals surface area (Å²) in [4.78, 5) is 0. The number of likely N-dealkylation sites (N-methyl/N-ethyl adjacent to an activating group) is 1. The van der Waals surface area contributed by atoms with Gasteiger partial charge in [0.25, 0.3) is 0 Å². The standard InChI is InChI=1S/C13H17NOS/c1-8-4-5-11(15)12-10(6-9(2)14-3)7-16-13(8)12/h4-5,7,9,14-15H,6H2,1-3H3. The smallest absolute Gasteiger partial charge is 0.124 e. The largest absolute Gasteiger partial charge is 0.507 e. The Hall–Kier alpha value is -1.06. The highest BCUT2D eigenvalue weighted by atomic mass is 32.1. The van der Waals surface area contributed by atoms with Crippen molar-refractivity contribution >= 4 is 21.4 Å². The maximum absolute atomic E-state index is 9.94. The molecular formula is C13H17NOS. The summed E-state index contributed by atoms with van der Waals surface area (Å²) in [6.07, 6.45) is 0.952. The van der Waals surface area contributed by atoms with Crippen molar-refractivity contribution in [3.05, 3.63) is 28.6 Å². The highest BCUT2D eigenvalue weighted by Crippen LogP contribution is 2.35. The van der Waals surface area contributed by atoms with E-state index in [4.69, 9.17) is 0 Å². The summed E-state index contributed by atoms with van der Waals surface area (Å²) in [5.74, 6) is 0.403. The van der Waals surface area contributed by atoms with Crippen LogP contribution in [0.1, 0.15) is 18.1 Å². The van der Waals surface area contributed by atoms with Gasteiger partial charge in [-0.05, 0) is 49.9 Å². The Morgan fingerprint density at radius 2 is 2.19 bits per heavy atom. The zero-order valence-corrected chi connectivity index (χ0v) is 10.7. The van der Waals surface area contributed by atoms with Crippen LogP contribution < -0.4 is 5.32 Å². The molecule has 16 heavy (non-hydrogen) atoms. The Morgan fingerprint density at radius 3 is 2.88 bits per heavy atom. The lowest BCUT2D eigenvalue weighted by Crippen LogP contribution is -2.23. The molecule has 0 saturated carbocycles. The van der Waals surface area contributed by atoms with Crippen LogP contribution in [0, 0.1) is 6.92 Å². The SMILES string of the molecule is CNC(C)Cc1csc2c(C)ccc(O)c12. The highest BCUT2D eigenvalue weighted by molar-refractivity contribution is 7.17. The molecule has 0 spiro atoms. The number of thiophene rings is 1. The highest BCUT2D eigenvalue weighted by Gasteiger charge is 2.12. The lowest BCUT2D eigenvalue weighted by atomic mass is 10.0. The van der Waals surface area contributed by atoms with Gasteiger partial charge in [0.1, 0.15) is 5.75 Å². The fourth-order valence-electron chi connectivity index (χ4n) is 1.91. The first-order chi connectivity index (χ1) is 7.63. The molecule has 0 saturated heterocycles. The van der Waals surface area contributed by atoms with Gasteiger partial charge in [0.15, 0.2) is 0 Å². The van der Waals surface area contributed by atoms with Crippen molar-refractivity contribution in [3.8, 4) is 5.75 Å². The van der Waals surface area contributed by atoms with Gasteiger partial charge in [-0.25, -0.2) is 0 Å². The fourth-order valence-corrected chi connectivity index (χ4v) is 2.99. The number of aryl methyl sites for hydroxylation is 1. The molecule has 0 fully saturated rings. The minimum absolute atomic E-state index is 0.403. The average Bonchev–Trinajstić information content (AvgIpc) is 2.68. The van der Waals surface area contributed by atoms with Crippen LogP contribution in [0.4, 0.5) is 0 Å². The summed E-state index contributed by atoms with van der Waals surface area (Å²) in [5, 5.41) is 16.4. The molecule has 1 aromatic heterocycles. The summed E-state index contributed by atoms with van der Waals surface area (Å²) in [6, 6.07) is 4.19. The second-order valence-corrected chi connectivity index (χ2v) is 5.14. The van der Waals surface area contributed by atoms with Gasteiger partial charge in [-0.15, -0.1) is 11.3 Å². The first-order valence-electron chi connectivity index (χ1n) is 5.49. The van der Waals surface area contributed by atoms with E-state index in [9.17, 15) is 5.11 Å². The Balaban J connectivity index is 2.51. The zero-order valence-electron chi connectivity index (χ0n) is 9.87. The van der Waals surface area contributed by atoms with Crippen LogP contribution in [0.15, 0.2) is 17.5 Å². The van der Waals surface area contributed by atoms with Crippen molar-refractivity contribution in [2.45, 2.75) is 26.3 Å². The number of benzene rings is 1. The molecule has 1 heterocycles. The van der Waals surface area contributed by atoms with Crippen molar-refractivity contribution in [1.29, 1.82) is 0 Å². The minimum Gasteiger partial charge on any atom is -0.507 e. The average molecular weight is 235 g/mol. The van der Waals surface area contributed by atoms with E-state index < -0.39 is 0 Å². The Labute approximate surface area is 99.9 Å². The molecule has 0 radical (unpaired) electrons. The molecule has 1 unspecified atom stereocenters. The number of rotatable bonds is 3. The molecule has 3 heteroatoms. The molecule has 0 aliphatic rings. The van der Waals surface area contributed by atoms with Gasteiger partial charge in [-0.3, -0.25) is 0 Å². The molecular weight excluding hydrogens is 218 g/mol. The maximum Gasteiger partial charge on any atom is 0.124 e. The van der Waals surface area contributed by atoms with Crippen LogP contribution in [-0.4, -0.2) is 18.2 Å². The summed E-state index contributed by atoms with van der Waals surface area (Å²) >= 11 is 1.72. The molecule has 1 atom stereocenters. The van der Waals surface area contributed by atoms with E-state index in [1.165, 1.54) is 15.8 Å². The first kappa shape index (κ1) is 11.4. The Kier molecular flexibility index (Phi) is 3.17. The summed E-state index contributed by atoms with van der Waals surface area (Å²) in [6.45, 7) is 4.24. The predicted octanol–water partition coefficient (Wildman–Crippen LogP) is 3.07. The molecule has 86 valence electrons. The van der Waals surface area contributed by atoms with Gasteiger partial charge < -0.3 is 10.4 Å². The van der Waals surface area contributed by atoms with Gasteiger partial charge >= 0.3 is 0 Å². The van der Waals surface area contributed by atoms with Crippen LogP contribution in [0.3, 0.4) is 0 Å². The fraction of sp³-hybridized carbons (Fsp3) is 0.385. The van der Waals surface area contributed by atoms with Crippen LogP contribution in [0.25, 0.3) is 10.1 Å². The van der Waals surface area contributed by atoms with Gasteiger partial charge in [0.05, 0.1) is 0 Å². The molecule has 0 aliphatic heterocycles. The molecule has 0 aliphatic carbocycles. The third-order valence-corrected chi connectivity index (χ3v) is 4.16. The van der Waals surface area contributed by atoms with Crippen LogP contribution in [0.2, 0.25) is 0 Å². The molecule has 2 nitrogen and oxygen atoms in total. The van der Waals surface area contributed by atoms with Gasteiger partial charge in [-0.1, -0.05) is 6.07 Å². The van der Waals surface area contributed by atoms with Crippen LogP contribution >= 0.6 is 11.3 Å². The van der Waals surface area contributed by atoms with Crippen molar-refractivity contribution in [2.75, 3.05) is 7.05 Å². The Morgan fingerprint density at radius 1 is 1.44 bits per heavy atom. The molecule has 1 aromatic carbocycles. The van der Waals surface area contributed by atoms with Gasteiger partial charge in [0.2, 0.25) is 0 Å².